The number of carbonyl (C=O) groups excluding carboxylic acids is 2. The zero-order chi connectivity index (χ0) is 23.6. The Balaban J connectivity index is 1.99. The molecule has 1 aliphatic heterocycles. The zero-order valence-electron chi connectivity index (χ0n) is 16.7. The van der Waals surface area contributed by atoms with E-state index in [2.05, 4.69) is 5.32 Å². The number of carboxylic acids is 1. The van der Waals surface area contributed by atoms with E-state index in [1.165, 1.54) is 32.2 Å². The zero-order valence-corrected chi connectivity index (χ0v) is 19.0. The van der Waals surface area contributed by atoms with E-state index in [-0.39, 0.29) is 37.9 Å². The first-order chi connectivity index (χ1) is 15.1. The summed E-state index contributed by atoms with van der Waals surface area (Å²) in [5.74, 6) is -2.10. The minimum Gasteiger partial charge on any atom is -0.493 e. The summed E-state index contributed by atoms with van der Waals surface area (Å²) in [6, 6.07) is 9.23. The topological polar surface area (TPSA) is 105 Å². The lowest BCUT2D eigenvalue weighted by Crippen LogP contribution is -2.54. The van der Waals surface area contributed by atoms with E-state index in [0.717, 1.165) is 4.90 Å². The summed E-state index contributed by atoms with van der Waals surface area (Å²) in [5, 5.41) is 11.7. The second kappa shape index (κ2) is 9.56. The number of methoxy groups -OCH3 is 1. The highest BCUT2D eigenvalue weighted by Crippen LogP contribution is 2.35. The molecule has 1 saturated heterocycles. The van der Waals surface area contributed by atoms with Gasteiger partial charge in [-0.2, -0.15) is 0 Å². The third-order valence-corrected chi connectivity index (χ3v) is 5.52. The molecular formula is C21H16Cl2N2O6S. The van der Waals surface area contributed by atoms with Crippen LogP contribution in [0, 0.1) is 0 Å². The van der Waals surface area contributed by atoms with Crippen molar-refractivity contribution in [3.05, 3.63) is 57.6 Å². The molecule has 2 aromatic rings. The summed E-state index contributed by atoms with van der Waals surface area (Å²) in [4.78, 5) is 37.8. The van der Waals surface area contributed by atoms with Crippen molar-refractivity contribution >= 4 is 70.1 Å². The molecule has 1 heterocycles. The van der Waals surface area contributed by atoms with Crippen LogP contribution in [0.1, 0.15) is 12.5 Å². The van der Waals surface area contributed by atoms with Gasteiger partial charge in [0.15, 0.2) is 22.7 Å². The number of carbonyl (C=O) groups is 3. The Bertz CT molecular complexity index is 1170. The highest BCUT2D eigenvalue weighted by atomic mass is 35.5. The molecule has 0 aliphatic carbocycles. The van der Waals surface area contributed by atoms with Gasteiger partial charge in [-0.25, -0.2) is 4.79 Å². The van der Waals surface area contributed by atoms with Crippen molar-refractivity contribution in [2.75, 3.05) is 12.0 Å². The summed E-state index contributed by atoms with van der Waals surface area (Å²) >= 11 is 17.4. The molecule has 0 aromatic heterocycles. The number of halogens is 2. The van der Waals surface area contributed by atoms with Crippen LogP contribution in [0.3, 0.4) is 0 Å². The predicted octanol–water partition coefficient (Wildman–Crippen LogP) is 3.69. The summed E-state index contributed by atoms with van der Waals surface area (Å²) < 4.78 is 10.6. The molecule has 0 spiro atoms. The van der Waals surface area contributed by atoms with Gasteiger partial charge in [0.2, 0.25) is 0 Å². The van der Waals surface area contributed by atoms with E-state index < -0.39 is 23.9 Å². The van der Waals surface area contributed by atoms with Crippen molar-refractivity contribution in [3.63, 3.8) is 0 Å². The Kier molecular flexibility index (Phi) is 7.02. The van der Waals surface area contributed by atoms with Crippen LogP contribution in [0.25, 0.3) is 6.08 Å². The Morgan fingerprint density at radius 3 is 2.59 bits per heavy atom. The molecule has 166 valence electrons. The molecule has 32 heavy (non-hydrogen) atoms. The number of amides is 2. The molecular weight excluding hydrogens is 479 g/mol. The molecule has 2 amide bonds. The number of thiocarbonyl (C=S) groups is 1. The van der Waals surface area contributed by atoms with Crippen LogP contribution in [-0.4, -0.2) is 41.2 Å². The van der Waals surface area contributed by atoms with Gasteiger partial charge in [-0.05, 0) is 55.0 Å². The lowest BCUT2D eigenvalue weighted by molar-refractivity contribution is -0.144. The van der Waals surface area contributed by atoms with Crippen LogP contribution in [0.2, 0.25) is 10.0 Å². The van der Waals surface area contributed by atoms with E-state index in [4.69, 9.17) is 50.0 Å². The number of hydrogen-bond donors (Lipinski definition) is 2. The van der Waals surface area contributed by atoms with E-state index >= 15 is 0 Å². The van der Waals surface area contributed by atoms with Crippen molar-refractivity contribution in [1.29, 1.82) is 0 Å². The first-order valence-electron chi connectivity index (χ1n) is 9.07. The van der Waals surface area contributed by atoms with Crippen LogP contribution in [-0.2, 0) is 14.4 Å². The third-order valence-electron chi connectivity index (χ3n) is 4.42. The van der Waals surface area contributed by atoms with Gasteiger partial charge in [-0.3, -0.25) is 19.8 Å². The molecule has 11 heteroatoms. The quantitative estimate of drug-likeness (QED) is 0.358. The van der Waals surface area contributed by atoms with E-state index in [1.54, 1.807) is 24.3 Å². The van der Waals surface area contributed by atoms with Crippen LogP contribution in [0.4, 0.5) is 5.69 Å². The Morgan fingerprint density at radius 1 is 1.22 bits per heavy atom. The fourth-order valence-electron chi connectivity index (χ4n) is 2.82. The average Bonchev–Trinajstić information content (AvgIpc) is 2.74. The van der Waals surface area contributed by atoms with Crippen LogP contribution in [0.5, 0.6) is 11.5 Å². The summed E-state index contributed by atoms with van der Waals surface area (Å²) in [5.41, 5.74) is 0.453. The van der Waals surface area contributed by atoms with Gasteiger partial charge in [0.25, 0.3) is 11.8 Å². The van der Waals surface area contributed by atoms with Crippen LogP contribution in [0.15, 0.2) is 42.0 Å². The number of anilines is 1. The maximum absolute atomic E-state index is 13.1. The van der Waals surface area contributed by atoms with Gasteiger partial charge in [0, 0.05) is 0 Å². The van der Waals surface area contributed by atoms with Gasteiger partial charge in [-0.1, -0.05) is 35.3 Å². The standard InChI is InChI=1S/C21H16Cl2N2O6S/c1-10(20(28)29)31-15-7-6-11(9-16(15)30-2)8-12-18(26)24-21(32)25(19(12)27)14-5-3-4-13(22)17(14)23/h3-10H,1-2H3,(H,28,29)(H,24,26,32)/b12-8+/t10-/m0/s1. The lowest BCUT2D eigenvalue weighted by atomic mass is 10.1. The van der Waals surface area contributed by atoms with Crippen molar-refractivity contribution < 1.29 is 29.0 Å². The molecule has 0 unspecified atom stereocenters. The first kappa shape index (κ1) is 23.5. The number of ether oxygens (including phenoxy) is 2. The Labute approximate surface area is 198 Å². The number of hydrogen-bond acceptors (Lipinski definition) is 6. The number of benzene rings is 2. The Hall–Kier alpha value is -3.14. The van der Waals surface area contributed by atoms with Gasteiger partial charge in [-0.15, -0.1) is 0 Å². The van der Waals surface area contributed by atoms with Crippen molar-refractivity contribution in [3.8, 4) is 11.5 Å². The van der Waals surface area contributed by atoms with Crippen molar-refractivity contribution in [1.82, 2.24) is 5.32 Å². The molecule has 0 bridgehead atoms. The lowest BCUT2D eigenvalue weighted by Gasteiger charge is -2.29. The smallest absolute Gasteiger partial charge is 0.344 e. The van der Waals surface area contributed by atoms with Gasteiger partial charge >= 0.3 is 5.97 Å². The number of rotatable bonds is 6. The highest BCUT2D eigenvalue weighted by Gasteiger charge is 2.35. The van der Waals surface area contributed by atoms with E-state index in [1.807, 2.05) is 0 Å². The predicted molar refractivity (Wildman–Crippen MR) is 123 cm³/mol. The monoisotopic (exact) mass is 494 g/mol. The molecule has 1 fully saturated rings. The van der Waals surface area contributed by atoms with Crippen molar-refractivity contribution in [2.24, 2.45) is 0 Å². The molecule has 0 saturated carbocycles. The highest BCUT2D eigenvalue weighted by molar-refractivity contribution is 7.80. The molecule has 0 radical (unpaired) electrons. The number of nitrogens with zero attached hydrogens (tertiary/aromatic N) is 1. The second-order valence-electron chi connectivity index (χ2n) is 6.54. The van der Waals surface area contributed by atoms with E-state index in [0.29, 0.717) is 5.56 Å². The second-order valence-corrected chi connectivity index (χ2v) is 7.71. The van der Waals surface area contributed by atoms with Gasteiger partial charge in [0.1, 0.15) is 5.57 Å². The third kappa shape index (κ3) is 4.69. The molecule has 2 N–H and O–H groups in total. The molecule has 1 aliphatic rings. The molecule has 3 rings (SSSR count). The molecule has 1 atom stereocenters. The summed E-state index contributed by atoms with van der Waals surface area (Å²) in [7, 11) is 1.38. The Morgan fingerprint density at radius 2 is 1.94 bits per heavy atom. The number of nitrogens with one attached hydrogen (secondary N) is 1. The summed E-state index contributed by atoms with van der Waals surface area (Å²) in [6.07, 6.45) is 0.244. The van der Waals surface area contributed by atoms with Gasteiger partial charge < -0.3 is 14.6 Å². The largest absolute Gasteiger partial charge is 0.493 e. The summed E-state index contributed by atoms with van der Waals surface area (Å²) in [6.45, 7) is 1.38. The maximum atomic E-state index is 13.1. The SMILES string of the molecule is COc1cc(/C=C2\C(=O)NC(=S)N(c3cccc(Cl)c3Cl)C2=O)ccc1O[C@@H](C)C(=O)O. The fraction of sp³-hybridized carbons (Fsp3) is 0.143. The van der Waals surface area contributed by atoms with Crippen molar-refractivity contribution in [2.45, 2.75) is 13.0 Å². The average molecular weight is 495 g/mol. The maximum Gasteiger partial charge on any atom is 0.344 e. The van der Waals surface area contributed by atoms with E-state index in [9.17, 15) is 14.4 Å². The first-order valence-corrected chi connectivity index (χ1v) is 10.2. The van der Waals surface area contributed by atoms with Gasteiger partial charge in [0.05, 0.1) is 22.8 Å². The minimum atomic E-state index is -1.14. The normalized spacial score (nSPS) is 16.1. The minimum absolute atomic E-state index is 0.107. The molecule has 8 nitrogen and oxygen atoms in total. The number of aliphatic carboxylic acids is 1. The van der Waals surface area contributed by atoms with Crippen LogP contribution < -0.4 is 19.7 Å². The fourth-order valence-corrected chi connectivity index (χ4v) is 3.47. The molecule has 2 aromatic carbocycles. The van der Waals surface area contributed by atoms with Crippen LogP contribution >= 0.6 is 35.4 Å². The number of carboxylic acid groups (broad SMARTS) is 1.